The summed E-state index contributed by atoms with van der Waals surface area (Å²) in [4.78, 5) is 12.5. The maximum absolute atomic E-state index is 11.2. The van der Waals surface area contributed by atoms with Gasteiger partial charge in [0.2, 0.25) is 0 Å². The molecule has 1 atom stereocenters. The van der Waals surface area contributed by atoms with Gasteiger partial charge in [-0.2, -0.15) is 5.26 Å². The quantitative estimate of drug-likeness (QED) is 0.669. The molecular formula is C9H16N2O2. The first-order valence-corrected chi connectivity index (χ1v) is 4.28. The summed E-state index contributed by atoms with van der Waals surface area (Å²) >= 11 is 0. The molecule has 0 saturated carbocycles. The number of ether oxygens (including phenoxy) is 1. The van der Waals surface area contributed by atoms with Gasteiger partial charge in [-0.3, -0.25) is 4.90 Å². The Morgan fingerprint density at radius 1 is 1.54 bits per heavy atom. The zero-order valence-electron chi connectivity index (χ0n) is 8.57. The highest BCUT2D eigenvalue weighted by molar-refractivity contribution is 5.68. The van der Waals surface area contributed by atoms with Gasteiger partial charge >= 0.3 is 6.09 Å². The Labute approximate surface area is 79.1 Å². The van der Waals surface area contributed by atoms with E-state index in [1.165, 1.54) is 4.90 Å². The molecular weight excluding hydrogens is 168 g/mol. The number of amides is 1. The van der Waals surface area contributed by atoms with Crippen molar-refractivity contribution in [3.63, 3.8) is 0 Å². The summed E-state index contributed by atoms with van der Waals surface area (Å²) in [5.41, 5.74) is 0. The Hall–Kier alpha value is -1.24. The molecule has 0 aliphatic rings. The molecule has 0 aliphatic carbocycles. The SMILES string of the molecule is CC(C)COC(=O)N(C)C(C)C#N. The number of rotatable bonds is 3. The van der Waals surface area contributed by atoms with Gasteiger partial charge in [0.1, 0.15) is 6.04 Å². The summed E-state index contributed by atoms with van der Waals surface area (Å²) in [5.74, 6) is 0.315. The fraction of sp³-hybridized carbons (Fsp3) is 0.778. The lowest BCUT2D eigenvalue weighted by Crippen LogP contribution is -2.35. The molecule has 0 saturated heterocycles. The van der Waals surface area contributed by atoms with E-state index in [9.17, 15) is 4.79 Å². The number of hydrogen-bond donors (Lipinski definition) is 0. The van der Waals surface area contributed by atoms with Crippen molar-refractivity contribution in [1.82, 2.24) is 4.90 Å². The molecule has 1 unspecified atom stereocenters. The molecule has 0 radical (unpaired) electrons. The van der Waals surface area contributed by atoms with Gasteiger partial charge in [0.15, 0.2) is 0 Å². The molecule has 0 N–H and O–H groups in total. The molecule has 74 valence electrons. The average molecular weight is 184 g/mol. The first-order chi connectivity index (χ1) is 5.99. The highest BCUT2D eigenvalue weighted by Gasteiger charge is 2.16. The van der Waals surface area contributed by atoms with Gasteiger partial charge in [-0.15, -0.1) is 0 Å². The van der Waals surface area contributed by atoms with E-state index in [2.05, 4.69) is 0 Å². The van der Waals surface area contributed by atoms with Gasteiger partial charge in [-0.05, 0) is 12.8 Å². The van der Waals surface area contributed by atoms with Crippen LogP contribution in [-0.2, 0) is 4.74 Å². The molecule has 13 heavy (non-hydrogen) atoms. The van der Waals surface area contributed by atoms with Crippen LogP contribution in [0.4, 0.5) is 4.79 Å². The predicted octanol–water partition coefficient (Wildman–Crippen LogP) is 1.62. The van der Waals surface area contributed by atoms with Crippen molar-refractivity contribution >= 4 is 6.09 Å². The summed E-state index contributed by atoms with van der Waals surface area (Å²) in [5, 5.41) is 8.53. The van der Waals surface area contributed by atoms with E-state index in [-0.39, 0.29) is 0 Å². The molecule has 0 aromatic rings. The van der Waals surface area contributed by atoms with E-state index >= 15 is 0 Å². The Morgan fingerprint density at radius 2 is 2.08 bits per heavy atom. The number of carbonyl (C=O) groups is 1. The smallest absolute Gasteiger partial charge is 0.410 e. The summed E-state index contributed by atoms with van der Waals surface area (Å²) in [6, 6.07) is 1.51. The lowest BCUT2D eigenvalue weighted by Gasteiger charge is -2.19. The number of nitriles is 1. The third-order valence-corrected chi connectivity index (χ3v) is 1.60. The first-order valence-electron chi connectivity index (χ1n) is 4.28. The van der Waals surface area contributed by atoms with Crippen LogP contribution >= 0.6 is 0 Å². The van der Waals surface area contributed by atoms with Gasteiger partial charge in [0.25, 0.3) is 0 Å². The zero-order valence-corrected chi connectivity index (χ0v) is 8.57. The van der Waals surface area contributed by atoms with Crippen molar-refractivity contribution < 1.29 is 9.53 Å². The van der Waals surface area contributed by atoms with Crippen molar-refractivity contribution in [3.05, 3.63) is 0 Å². The van der Waals surface area contributed by atoms with Crippen LogP contribution in [0.1, 0.15) is 20.8 Å². The fourth-order valence-electron chi connectivity index (χ4n) is 0.584. The van der Waals surface area contributed by atoms with E-state index in [0.29, 0.717) is 12.5 Å². The van der Waals surface area contributed by atoms with Crippen LogP contribution in [0.2, 0.25) is 0 Å². The molecule has 0 fully saturated rings. The van der Waals surface area contributed by atoms with Gasteiger partial charge < -0.3 is 4.74 Å². The molecule has 4 nitrogen and oxygen atoms in total. The largest absolute Gasteiger partial charge is 0.449 e. The highest BCUT2D eigenvalue weighted by Crippen LogP contribution is 2.00. The van der Waals surface area contributed by atoms with E-state index < -0.39 is 12.1 Å². The maximum atomic E-state index is 11.2. The van der Waals surface area contributed by atoms with Crippen LogP contribution in [0.3, 0.4) is 0 Å². The Bertz CT molecular complexity index is 208. The lowest BCUT2D eigenvalue weighted by atomic mass is 10.2. The molecule has 0 spiro atoms. The van der Waals surface area contributed by atoms with Gasteiger partial charge in [0.05, 0.1) is 12.7 Å². The van der Waals surface area contributed by atoms with Crippen molar-refractivity contribution in [2.75, 3.05) is 13.7 Å². The molecule has 0 rings (SSSR count). The average Bonchev–Trinajstić information content (AvgIpc) is 2.11. The van der Waals surface area contributed by atoms with Crippen LogP contribution in [0, 0.1) is 17.2 Å². The Morgan fingerprint density at radius 3 is 2.46 bits per heavy atom. The second kappa shape index (κ2) is 5.41. The third-order valence-electron chi connectivity index (χ3n) is 1.60. The van der Waals surface area contributed by atoms with Crippen molar-refractivity contribution in [3.8, 4) is 6.07 Å². The standard InChI is InChI=1S/C9H16N2O2/c1-7(2)6-13-9(12)11(4)8(3)5-10/h7-8H,6H2,1-4H3. The van der Waals surface area contributed by atoms with Crippen molar-refractivity contribution in [1.29, 1.82) is 5.26 Å². The summed E-state index contributed by atoms with van der Waals surface area (Å²) in [6.07, 6.45) is -0.442. The topological polar surface area (TPSA) is 53.3 Å². The molecule has 4 heteroatoms. The van der Waals surface area contributed by atoms with Crippen molar-refractivity contribution in [2.45, 2.75) is 26.8 Å². The van der Waals surface area contributed by atoms with E-state index in [0.717, 1.165) is 0 Å². The van der Waals surface area contributed by atoms with Gasteiger partial charge in [-0.25, -0.2) is 4.79 Å². The molecule has 0 bridgehead atoms. The third kappa shape index (κ3) is 4.36. The molecule has 0 heterocycles. The van der Waals surface area contributed by atoms with Crippen molar-refractivity contribution in [2.24, 2.45) is 5.92 Å². The van der Waals surface area contributed by atoms with Gasteiger partial charge in [-0.1, -0.05) is 13.8 Å². The predicted molar refractivity (Wildman–Crippen MR) is 49.0 cm³/mol. The van der Waals surface area contributed by atoms with Crippen LogP contribution in [0.25, 0.3) is 0 Å². The summed E-state index contributed by atoms with van der Waals surface area (Å²) < 4.78 is 4.92. The molecule has 0 aliphatic heterocycles. The van der Waals surface area contributed by atoms with E-state index in [1.807, 2.05) is 19.9 Å². The maximum Gasteiger partial charge on any atom is 0.410 e. The van der Waals surface area contributed by atoms with Crippen LogP contribution in [0.15, 0.2) is 0 Å². The second-order valence-electron chi connectivity index (χ2n) is 3.39. The Balaban J connectivity index is 3.91. The first kappa shape index (κ1) is 11.8. The summed E-state index contributed by atoms with van der Waals surface area (Å²) in [7, 11) is 1.55. The number of carbonyl (C=O) groups excluding carboxylic acids is 1. The molecule has 1 amide bonds. The minimum absolute atomic E-state index is 0.315. The fourth-order valence-corrected chi connectivity index (χ4v) is 0.584. The van der Waals surface area contributed by atoms with Crippen LogP contribution in [-0.4, -0.2) is 30.7 Å². The summed E-state index contributed by atoms with van der Waals surface area (Å²) in [6.45, 7) is 5.96. The highest BCUT2D eigenvalue weighted by atomic mass is 16.6. The zero-order chi connectivity index (χ0) is 10.4. The number of hydrogen-bond acceptors (Lipinski definition) is 3. The van der Waals surface area contributed by atoms with Crippen LogP contribution in [0.5, 0.6) is 0 Å². The van der Waals surface area contributed by atoms with Gasteiger partial charge in [0, 0.05) is 7.05 Å². The second-order valence-corrected chi connectivity index (χ2v) is 3.39. The minimum Gasteiger partial charge on any atom is -0.449 e. The number of nitrogens with zero attached hydrogens (tertiary/aromatic N) is 2. The normalized spacial score (nSPS) is 12.0. The van der Waals surface area contributed by atoms with E-state index in [4.69, 9.17) is 10.00 Å². The van der Waals surface area contributed by atoms with Crippen LogP contribution < -0.4 is 0 Å². The Kier molecular flexibility index (Phi) is 4.90. The molecule has 0 aromatic carbocycles. The molecule has 0 aromatic heterocycles. The lowest BCUT2D eigenvalue weighted by molar-refractivity contribution is 0.0955. The minimum atomic E-state index is -0.445. The monoisotopic (exact) mass is 184 g/mol. The van der Waals surface area contributed by atoms with E-state index in [1.54, 1.807) is 14.0 Å².